The van der Waals surface area contributed by atoms with Gasteiger partial charge in [-0.15, -0.1) is 11.6 Å². The second-order valence-electron chi connectivity index (χ2n) is 21.0. The fraction of sp³-hybridized carbons (Fsp3) is 0.288. The summed E-state index contributed by atoms with van der Waals surface area (Å²) in [5.41, 5.74) is 14.9. The Morgan fingerprint density at radius 1 is 0.703 bits per heavy atom. The summed E-state index contributed by atoms with van der Waals surface area (Å²) in [6.45, 7) is 30.0. The van der Waals surface area contributed by atoms with Crippen LogP contribution in [0, 0.1) is 46.2 Å². The number of nitrogens with zero attached hydrogens (tertiary/aromatic N) is 2. The van der Waals surface area contributed by atoms with E-state index in [1.165, 1.54) is 69.5 Å². The number of pyridine rings is 2. The maximum absolute atomic E-state index is 6.66. The van der Waals surface area contributed by atoms with Crippen LogP contribution in [0.3, 0.4) is 0 Å². The normalized spacial score (nSPS) is 13.6. The molecule has 0 bridgehead atoms. The van der Waals surface area contributed by atoms with Gasteiger partial charge < -0.3 is 13.6 Å². The molecule has 1 radical (unpaired) electrons. The molecular weight excluding hydrogens is 973 g/mol. The molecule has 0 spiro atoms. The van der Waals surface area contributed by atoms with Gasteiger partial charge in [0, 0.05) is 45.0 Å². The summed E-state index contributed by atoms with van der Waals surface area (Å²) in [4.78, 5) is 0. The second kappa shape index (κ2) is 18.0. The molecule has 0 atom stereocenters. The molecule has 0 N–H and O–H groups in total. The quantitative estimate of drug-likeness (QED) is 0.0885. The summed E-state index contributed by atoms with van der Waals surface area (Å²) in [7, 11) is 7.25. The molecule has 5 aromatic carbocycles. The van der Waals surface area contributed by atoms with Gasteiger partial charge in [0.05, 0.1) is 37.4 Å². The van der Waals surface area contributed by atoms with Gasteiger partial charge >= 0.3 is 0 Å². The molecule has 5 heteroatoms. The van der Waals surface area contributed by atoms with E-state index in [1.54, 1.807) is 0 Å². The monoisotopic (exact) mass is 1040 g/mol. The molecule has 3 aromatic heterocycles. The maximum atomic E-state index is 6.66. The van der Waals surface area contributed by atoms with Crippen LogP contribution in [-0.2, 0) is 31.9 Å². The summed E-state index contributed by atoms with van der Waals surface area (Å²) in [6.07, 6.45) is 10.7. The first-order valence-corrected chi connectivity index (χ1v) is 26.3. The average Bonchev–Trinajstić information content (AvgIpc) is 3.91. The number of fused-ring (bicyclic) bond motifs is 4. The van der Waals surface area contributed by atoms with Gasteiger partial charge in [-0.05, 0) is 70.7 Å². The Hall–Kier alpha value is -5.19. The molecule has 1 aliphatic rings. The van der Waals surface area contributed by atoms with E-state index in [2.05, 4.69) is 215 Å². The van der Waals surface area contributed by atoms with Gasteiger partial charge in [-0.3, -0.25) is 0 Å². The van der Waals surface area contributed by atoms with E-state index >= 15 is 0 Å². The zero-order valence-corrected chi connectivity index (χ0v) is 43.0. The molecule has 0 saturated heterocycles. The molecule has 8 aromatic rings. The van der Waals surface area contributed by atoms with E-state index < -0.39 is 8.07 Å². The Morgan fingerprint density at radius 3 is 2.06 bits per heavy atom. The van der Waals surface area contributed by atoms with Gasteiger partial charge in [-0.2, -0.15) is 37.1 Å². The van der Waals surface area contributed by atoms with Gasteiger partial charge in [0.25, 0.3) is 0 Å². The number of rotatable bonds is 7. The van der Waals surface area contributed by atoms with E-state index in [0.29, 0.717) is 5.92 Å². The minimum absolute atomic E-state index is 0. The van der Waals surface area contributed by atoms with Crippen molar-refractivity contribution < 1.29 is 33.7 Å². The largest absolute Gasteiger partial charge is 0.469 e. The molecule has 3 heterocycles. The summed E-state index contributed by atoms with van der Waals surface area (Å²) < 4.78 is 10.7. The molecular formula is C59H66IrN2OSi-2. The average molecular weight is 1040 g/mol. The first-order valence-electron chi connectivity index (χ1n) is 22.8. The smallest absolute Gasteiger partial charge is 0.133 e. The third kappa shape index (κ3) is 9.18. The molecule has 9 rings (SSSR count). The van der Waals surface area contributed by atoms with Crippen LogP contribution >= 0.6 is 0 Å². The summed E-state index contributed by atoms with van der Waals surface area (Å²) in [5.74, 6) is 0.708. The standard InChI is InChI=1S/C34H34NO.C25H32NSi.Ir/c1-22-15-16-27-30(19-22)36-33-31(23(2)20-28(32(27)33)24-11-7-6-8-12-24)29-21-26(17-18-35(29)5)34(3,4)25-13-9-10-14-25;1-18-13-14-19-11-9-10-12-21(19)24(18)22-15-20(16-25(2,3)4)23(17-26(22)5)27(6,7)8;/h6-8,11-12,15-21,25H,2,5,9-10,13-14H2,1,3-4H3;9-15,17H,1,5,16H2,2-4,6-8H3;/q2*-1;. The molecule has 0 amide bonds. The predicted octanol–water partition coefficient (Wildman–Crippen LogP) is 14.6. The molecule has 0 unspecified atom stereocenters. The van der Waals surface area contributed by atoms with Gasteiger partial charge in [0.15, 0.2) is 0 Å². The Kier molecular flexibility index (Phi) is 13.2. The van der Waals surface area contributed by atoms with Crippen LogP contribution in [0.4, 0.5) is 0 Å². The van der Waals surface area contributed by atoms with E-state index in [9.17, 15) is 0 Å². The molecule has 64 heavy (non-hydrogen) atoms. The van der Waals surface area contributed by atoms with Crippen molar-refractivity contribution in [1.29, 1.82) is 0 Å². The van der Waals surface area contributed by atoms with Crippen molar-refractivity contribution in [3.8, 4) is 33.6 Å². The van der Waals surface area contributed by atoms with Crippen LogP contribution < -0.4 is 14.3 Å². The number of hydrogen-bond acceptors (Lipinski definition) is 1. The molecule has 1 saturated carbocycles. The van der Waals surface area contributed by atoms with E-state index in [1.807, 2.05) is 4.57 Å². The first kappa shape index (κ1) is 46.8. The van der Waals surface area contributed by atoms with Crippen molar-refractivity contribution in [3.05, 3.63) is 177 Å². The van der Waals surface area contributed by atoms with Gasteiger partial charge in [0.1, 0.15) is 5.58 Å². The molecule has 0 aliphatic heterocycles. The molecule has 333 valence electrons. The van der Waals surface area contributed by atoms with Crippen LogP contribution in [0.1, 0.15) is 88.1 Å². The SMILES string of the molecule is [CH2-]c1cc(-c2ccccc2)c2c(oc3cc(C)ccc32)c1-c1cc(C(C)(C)C2CCCC2)cc[n+]1[CH2-].[CH2-]c1ccc2ccccc2c1-c1cc(CC(C)(C)C)c([Si](C)(C)C)c[n+]1[CH2-].[Ir]. The van der Waals surface area contributed by atoms with Crippen molar-refractivity contribution in [2.75, 3.05) is 0 Å². The van der Waals surface area contributed by atoms with Crippen LogP contribution in [0.5, 0.6) is 0 Å². The number of hydrogen-bond donors (Lipinski definition) is 0. The fourth-order valence-electron chi connectivity index (χ4n) is 10.1. The van der Waals surface area contributed by atoms with Crippen molar-refractivity contribution >= 4 is 46.0 Å². The van der Waals surface area contributed by atoms with Crippen molar-refractivity contribution in [2.24, 2.45) is 11.3 Å². The Labute approximate surface area is 398 Å². The van der Waals surface area contributed by atoms with Gasteiger partial charge in [-0.25, -0.2) is 0 Å². The summed E-state index contributed by atoms with van der Waals surface area (Å²) in [5, 5.41) is 6.26. The van der Waals surface area contributed by atoms with Crippen LogP contribution in [-0.4, -0.2) is 8.07 Å². The van der Waals surface area contributed by atoms with Crippen LogP contribution in [0.2, 0.25) is 19.6 Å². The number of benzene rings is 5. The van der Waals surface area contributed by atoms with Crippen molar-refractivity contribution in [1.82, 2.24) is 0 Å². The van der Waals surface area contributed by atoms with Gasteiger partial charge in [0.2, 0.25) is 0 Å². The second-order valence-corrected chi connectivity index (χ2v) is 26.0. The van der Waals surface area contributed by atoms with Gasteiger partial charge in [-0.1, -0.05) is 180 Å². The minimum atomic E-state index is -1.48. The fourth-order valence-corrected chi connectivity index (χ4v) is 11.8. The first-order chi connectivity index (χ1) is 29.8. The van der Waals surface area contributed by atoms with E-state index in [4.69, 9.17) is 4.42 Å². The third-order valence-electron chi connectivity index (χ3n) is 13.5. The third-order valence-corrected chi connectivity index (χ3v) is 15.6. The zero-order valence-electron chi connectivity index (χ0n) is 39.6. The Morgan fingerprint density at radius 2 is 1.38 bits per heavy atom. The van der Waals surface area contributed by atoms with E-state index in [-0.39, 0.29) is 30.9 Å². The Balaban J connectivity index is 0.000000197. The number of aromatic nitrogens is 2. The summed E-state index contributed by atoms with van der Waals surface area (Å²) >= 11 is 0. The Bertz CT molecular complexity index is 2980. The predicted molar refractivity (Wildman–Crippen MR) is 271 cm³/mol. The minimum Gasteiger partial charge on any atom is -0.469 e. The molecule has 1 fully saturated rings. The van der Waals surface area contributed by atoms with Crippen LogP contribution in [0.25, 0.3) is 66.4 Å². The van der Waals surface area contributed by atoms with Crippen molar-refractivity contribution in [2.45, 2.75) is 98.7 Å². The molecule has 3 nitrogen and oxygen atoms in total. The summed E-state index contributed by atoms with van der Waals surface area (Å²) in [6, 6.07) is 39.0. The van der Waals surface area contributed by atoms with Crippen LogP contribution in [0.15, 0.2) is 126 Å². The molecule has 1 aliphatic carbocycles. The topological polar surface area (TPSA) is 20.9 Å². The maximum Gasteiger partial charge on any atom is 0.133 e. The van der Waals surface area contributed by atoms with Crippen molar-refractivity contribution in [3.63, 3.8) is 0 Å². The number of furan rings is 1. The number of aryl methyl sites for hydroxylation is 1. The zero-order chi connectivity index (χ0) is 45.0. The van der Waals surface area contributed by atoms with E-state index in [0.717, 1.165) is 62.0 Å².